The number of fused-ring (bicyclic) bond motifs is 9. The minimum absolute atomic E-state index is 0.204. The van der Waals surface area contributed by atoms with Crippen molar-refractivity contribution in [3.8, 4) is 17.6 Å². The van der Waals surface area contributed by atoms with Crippen molar-refractivity contribution in [3.63, 3.8) is 0 Å². The number of carbonyl (C=O) groups is 2. The van der Waals surface area contributed by atoms with Crippen molar-refractivity contribution in [2.24, 2.45) is 0 Å². The molecule has 1 unspecified atom stereocenters. The van der Waals surface area contributed by atoms with Crippen LogP contribution in [0, 0.1) is 11.3 Å². The zero-order valence-electron chi connectivity index (χ0n) is 17.3. The molecule has 1 atom stereocenters. The molecule has 2 heterocycles. The van der Waals surface area contributed by atoms with Crippen molar-refractivity contribution < 1.29 is 19.1 Å². The molecule has 32 heavy (non-hydrogen) atoms. The zero-order valence-corrected chi connectivity index (χ0v) is 18.0. The van der Waals surface area contributed by atoms with E-state index in [1.807, 2.05) is 12.2 Å². The monoisotopic (exact) mass is 451 g/mol. The van der Waals surface area contributed by atoms with Gasteiger partial charge in [-0.25, -0.2) is 0 Å². The second kappa shape index (κ2) is 9.33. The highest BCUT2D eigenvalue weighted by Gasteiger charge is 2.45. The van der Waals surface area contributed by atoms with Gasteiger partial charge in [-0.2, -0.15) is 5.26 Å². The maximum atomic E-state index is 13.0. The van der Waals surface area contributed by atoms with Crippen LogP contribution < -0.4 is 20.1 Å². The van der Waals surface area contributed by atoms with E-state index < -0.39 is 23.4 Å². The third-order valence-electron chi connectivity index (χ3n) is 5.33. The van der Waals surface area contributed by atoms with Gasteiger partial charge in [-0.1, -0.05) is 23.7 Å². The number of hydrogen-bond donors (Lipinski definition) is 2. The van der Waals surface area contributed by atoms with Crippen LogP contribution in [-0.2, 0) is 11.2 Å². The lowest BCUT2D eigenvalue weighted by Crippen LogP contribution is -2.51. The number of hydrogen-bond acceptors (Lipinski definition) is 5. The highest BCUT2D eigenvalue weighted by Crippen LogP contribution is 2.34. The molecule has 1 aliphatic carbocycles. The van der Waals surface area contributed by atoms with Gasteiger partial charge in [0.2, 0.25) is 5.91 Å². The summed E-state index contributed by atoms with van der Waals surface area (Å²) in [6.07, 6.45) is 5.04. The SMILES string of the molecule is N#CC1(NC(=O)C2Cc3ccc(c(Cl)c3)OCC=CCOc3cccc(c3)C(=O)N2)CC1. The molecule has 2 aromatic carbocycles. The fourth-order valence-electron chi connectivity index (χ4n) is 3.33. The number of amides is 2. The molecule has 2 aromatic rings. The molecule has 2 amide bonds. The molecule has 2 aliphatic heterocycles. The summed E-state index contributed by atoms with van der Waals surface area (Å²) < 4.78 is 11.3. The number of halogens is 1. The lowest BCUT2D eigenvalue weighted by atomic mass is 10.0. The second-order valence-corrected chi connectivity index (χ2v) is 8.21. The van der Waals surface area contributed by atoms with E-state index in [1.165, 1.54) is 0 Å². The van der Waals surface area contributed by atoms with Gasteiger partial charge in [0, 0.05) is 12.0 Å². The van der Waals surface area contributed by atoms with E-state index in [9.17, 15) is 14.9 Å². The van der Waals surface area contributed by atoms with Crippen LogP contribution in [0.5, 0.6) is 11.5 Å². The topological polar surface area (TPSA) is 100 Å². The Labute approximate surface area is 191 Å². The van der Waals surface area contributed by atoms with Crippen molar-refractivity contribution in [1.82, 2.24) is 10.6 Å². The predicted octanol–water partition coefficient (Wildman–Crippen LogP) is 3.18. The lowest BCUT2D eigenvalue weighted by molar-refractivity contribution is -0.123. The average Bonchev–Trinajstić information content (AvgIpc) is 3.56. The lowest BCUT2D eigenvalue weighted by Gasteiger charge is -2.21. The minimum Gasteiger partial charge on any atom is -0.490 e. The summed E-state index contributed by atoms with van der Waals surface area (Å²) >= 11 is 6.36. The number of benzene rings is 2. The third kappa shape index (κ3) is 5.21. The molecule has 1 fully saturated rings. The minimum atomic E-state index is -0.891. The zero-order chi connectivity index (χ0) is 22.6. The molecular formula is C24H22ClN3O4. The predicted molar refractivity (Wildman–Crippen MR) is 119 cm³/mol. The van der Waals surface area contributed by atoms with Crippen molar-refractivity contribution in [2.75, 3.05) is 13.2 Å². The van der Waals surface area contributed by atoms with Gasteiger partial charge < -0.3 is 20.1 Å². The fourth-order valence-corrected chi connectivity index (χ4v) is 3.59. The summed E-state index contributed by atoms with van der Waals surface area (Å²) in [6.45, 7) is 0.631. The summed E-state index contributed by atoms with van der Waals surface area (Å²) in [7, 11) is 0. The Balaban J connectivity index is 1.63. The van der Waals surface area contributed by atoms with Crippen LogP contribution >= 0.6 is 11.6 Å². The Morgan fingerprint density at radius 2 is 1.94 bits per heavy atom. The molecule has 2 N–H and O–H groups in total. The van der Waals surface area contributed by atoms with Crippen LogP contribution in [0.2, 0.25) is 5.02 Å². The van der Waals surface area contributed by atoms with Crippen LogP contribution in [0.3, 0.4) is 0 Å². The highest BCUT2D eigenvalue weighted by molar-refractivity contribution is 6.32. The molecular weight excluding hydrogens is 430 g/mol. The summed E-state index contributed by atoms with van der Waals surface area (Å²) in [6, 6.07) is 13.2. The molecule has 4 bridgehead atoms. The average molecular weight is 452 g/mol. The molecule has 7 nitrogen and oxygen atoms in total. The van der Waals surface area contributed by atoms with Crippen molar-refractivity contribution in [2.45, 2.75) is 30.8 Å². The molecule has 0 aromatic heterocycles. The van der Waals surface area contributed by atoms with E-state index >= 15 is 0 Å². The first-order chi connectivity index (χ1) is 15.5. The first kappa shape index (κ1) is 21.7. The van der Waals surface area contributed by atoms with E-state index in [4.69, 9.17) is 21.1 Å². The van der Waals surface area contributed by atoms with E-state index in [1.54, 1.807) is 42.5 Å². The van der Waals surface area contributed by atoms with Crippen molar-refractivity contribution in [3.05, 3.63) is 70.8 Å². The standard InChI is InChI=1S/C24H22ClN3O4/c25-19-12-16-6-7-21(19)32-11-2-1-10-31-18-5-3-4-17(14-18)22(29)27-20(13-16)23(30)28-24(15-26)8-9-24/h1-7,12,14,20H,8-11,13H2,(H,27,29)(H,28,30). The number of nitrogens with zero attached hydrogens (tertiary/aromatic N) is 1. The summed E-state index contributed by atoms with van der Waals surface area (Å²) in [5.74, 6) is 0.222. The van der Waals surface area contributed by atoms with E-state index in [2.05, 4.69) is 16.7 Å². The number of nitrogens with one attached hydrogen (secondary N) is 2. The van der Waals surface area contributed by atoms with E-state index in [0.717, 1.165) is 5.56 Å². The van der Waals surface area contributed by atoms with Gasteiger partial charge in [-0.3, -0.25) is 9.59 Å². The Kier molecular flexibility index (Phi) is 6.33. The van der Waals surface area contributed by atoms with E-state index in [-0.39, 0.29) is 6.42 Å². The maximum absolute atomic E-state index is 13.0. The van der Waals surface area contributed by atoms with Gasteiger partial charge in [-0.15, -0.1) is 0 Å². The molecule has 164 valence electrons. The van der Waals surface area contributed by atoms with E-state index in [0.29, 0.717) is 48.1 Å². The largest absolute Gasteiger partial charge is 0.490 e. The van der Waals surface area contributed by atoms with Gasteiger partial charge >= 0.3 is 0 Å². The molecule has 0 saturated heterocycles. The molecule has 5 rings (SSSR count). The Morgan fingerprint density at radius 1 is 1.16 bits per heavy atom. The van der Waals surface area contributed by atoms with Gasteiger partial charge in [0.25, 0.3) is 5.91 Å². The number of carbonyl (C=O) groups excluding carboxylic acids is 2. The summed E-state index contributed by atoms with van der Waals surface area (Å²) in [5.41, 5.74) is 0.277. The first-order valence-corrected chi connectivity index (χ1v) is 10.7. The van der Waals surface area contributed by atoms with Crippen LogP contribution in [0.4, 0.5) is 0 Å². The summed E-state index contributed by atoms with van der Waals surface area (Å²) in [5, 5.41) is 15.3. The van der Waals surface area contributed by atoms with Crippen LogP contribution in [0.1, 0.15) is 28.8 Å². The number of ether oxygens (including phenoxy) is 2. The third-order valence-corrected chi connectivity index (χ3v) is 5.62. The number of nitriles is 1. The van der Waals surface area contributed by atoms with Crippen LogP contribution in [0.25, 0.3) is 0 Å². The quantitative estimate of drug-likeness (QED) is 0.683. The number of rotatable bonds is 2. The molecule has 8 heteroatoms. The Bertz CT molecular complexity index is 1100. The van der Waals surface area contributed by atoms with Gasteiger partial charge in [0.05, 0.1) is 11.1 Å². The normalized spacial score (nSPS) is 19.5. The Morgan fingerprint density at radius 3 is 2.66 bits per heavy atom. The first-order valence-electron chi connectivity index (χ1n) is 10.3. The van der Waals surface area contributed by atoms with Crippen LogP contribution in [0.15, 0.2) is 54.6 Å². The second-order valence-electron chi connectivity index (χ2n) is 7.80. The summed E-state index contributed by atoms with van der Waals surface area (Å²) in [4.78, 5) is 25.9. The van der Waals surface area contributed by atoms with Crippen molar-refractivity contribution in [1.29, 1.82) is 5.26 Å². The Hall–Kier alpha value is -3.50. The van der Waals surface area contributed by atoms with Crippen LogP contribution in [-0.4, -0.2) is 36.6 Å². The molecule has 0 radical (unpaired) electrons. The van der Waals surface area contributed by atoms with Gasteiger partial charge in [0.15, 0.2) is 0 Å². The highest BCUT2D eigenvalue weighted by atomic mass is 35.5. The van der Waals surface area contributed by atoms with Gasteiger partial charge in [-0.05, 0) is 60.9 Å². The smallest absolute Gasteiger partial charge is 0.252 e. The maximum Gasteiger partial charge on any atom is 0.252 e. The van der Waals surface area contributed by atoms with Gasteiger partial charge in [0.1, 0.15) is 36.3 Å². The molecule has 3 aliphatic rings. The molecule has 1 saturated carbocycles. The molecule has 0 spiro atoms. The fraction of sp³-hybridized carbons (Fsp3) is 0.292. The van der Waals surface area contributed by atoms with Crippen molar-refractivity contribution >= 4 is 23.4 Å².